The lowest BCUT2D eigenvalue weighted by Crippen LogP contribution is -2.49. The van der Waals surface area contributed by atoms with Crippen LogP contribution in [0.4, 0.5) is 19.0 Å². The van der Waals surface area contributed by atoms with Gasteiger partial charge in [0.15, 0.2) is 12.0 Å². The Balaban J connectivity index is 0.00000259. The van der Waals surface area contributed by atoms with Gasteiger partial charge in [-0.15, -0.1) is 5.10 Å². The summed E-state index contributed by atoms with van der Waals surface area (Å²) < 4.78 is 51.8. The van der Waals surface area contributed by atoms with Crippen molar-refractivity contribution in [1.29, 1.82) is 0 Å². The van der Waals surface area contributed by atoms with E-state index in [4.69, 9.17) is 14.5 Å². The van der Waals surface area contributed by atoms with Crippen molar-refractivity contribution in [3.63, 3.8) is 0 Å². The molecule has 1 saturated heterocycles. The Bertz CT molecular complexity index is 1070. The van der Waals surface area contributed by atoms with Crippen LogP contribution >= 0.6 is 13.5 Å². The molecular formula is C22H27F3N4O3S. The average molecular weight is 485 g/mol. The van der Waals surface area contributed by atoms with Crippen LogP contribution < -0.4 is 9.64 Å². The van der Waals surface area contributed by atoms with Crippen LogP contribution in [-0.4, -0.2) is 45.3 Å². The van der Waals surface area contributed by atoms with Gasteiger partial charge in [0.2, 0.25) is 5.88 Å². The van der Waals surface area contributed by atoms with Gasteiger partial charge in [-0.05, 0) is 51.7 Å². The summed E-state index contributed by atoms with van der Waals surface area (Å²) in [5.41, 5.74) is -1.43. The van der Waals surface area contributed by atoms with E-state index in [2.05, 4.69) is 25.9 Å². The number of carbonyl (C=O) groups excluding carboxylic acids is 1. The van der Waals surface area contributed by atoms with Crippen molar-refractivity contribution >= 4 is 25.3 Å². The molecule has 0 bridgehead atoms. The summed E-state index contributed by atoms with van der Waals surface area (Å²) in [5.74, 6) is 1.04. The fourth-order valence-corrected chi connectivity index (χ4v) is 4.93. The third-order valence-electron chi connectivity index (χ3n) is 6.84. The van der Waals surface area contributed by atoms with E-state index in [0.29, 0.717) is 17.2 Å². The third kappa shape index (κ3) is 3.94. The number of esters is 1. The second-order valence-corrected chi connectivity index (χ2v) is 9.68. The van der Waals surface area contributed by atoms with E-state index in [1.807, 2.05) is 4.90 Å². The number of anilines is 1. The lowest BCUT2D eigenvalue weighted by molar-refractivity contribution is -0.190. The van der Waals surface area contributed by atoms with Crippen molar-refractivity contribution in [3.8, 4) is 11.7 Å². The van der Waals surface area contributed by atoms with Crippen molar-refractivity contribution in [1.82, 2.24) is 14.8 Å². The number of hydrogen-bond donors (Lipinski definition) is 0. The summed E-state index contributed by atoms with van der Waals surface area (Å²) in [6.07, 6.45) is -1.83. The maximum Gasteiger partial charge on any atom is 0.394 e. The predicted molar refractivity (Wildman–Crippen MR) is 119 cm³/mol. The number of nitrogens with zero attached hydrogens (tertiary/aromatic N) is 4. The van der Waals surface area contributed by atoms with Gasteiger partial charge in [0, 0.05) is 23.7 Å². The summed E-state index contributed by atoms with van der Waals surface area (Å²) in [6, 6.07) is 4.91. The molecule has 0 spiro atoms. The van der Waals surface area contributed by atoms with Crippen LogP contribution in [0.25, 0.3) is 5.82 Å². The zero-order valence-corrected chi connectivity index (χ0v) is 19.6. The Morgan fingerprint density at radius 1 is 1.24 bits per heavy atom. The first kappa shape index (κ1) is 23.7. The molecule has 2 fully saturated rings. The number of pyridine rings is 1. The molecule has 5 rings (SSSR count). The number of ether oxygens (including phenoxy) is 2. The zero-order chi connectivity index (χ0) is 22.9. The first-order valence-electron chi connectivity index (χ1n) is 10.8. The number of fused-ring (bicyclic) bond motifs is 3. The Hall–Kier alpha value is -2.43. The number of hydrogen-bond acceptors (Lipinski definition) is 6. The van der Waals surface area contributed by atoms with E-state index < -0.39 is 17.6 Å². The van der Waals surface area contributed by atoms with E-state index in [1.165, 1.54) is 4.68 Å². The molecule has 3 aliphatic rings. The number of alkyl halides is 3. The van der Waals surface area contributed by atoms with Crippen LogP contribution in [0.1, 0.15) is 56.8 Å². The van der Waals surface area contributed by atoms with E-state index in [1.54, 1.807) is 24.4 Å². The second-order valence-electron chi connectivity index (χ2n) is 9.68. The summed E-state index contributed by atoms with van der Waals surface area (Å²) in [5, 5.41) is 4.30. The Morgan fingerprint density at radius 2 is 1.97 bits per heavy atom. The molecule has 1 aliphatic carbocycles. The van der Waals surface area contributed by atoms with Crippen LogP contribution in [0.15, 0.2) is 24.4 Å². The van der Waals surface area contributed by atoms with Crippen LogP contribution in [0.2, 0.25) is 0 Å². The number of carbonyl (C=O) groups is 1. The number of aromatic nitrogens is 3. The summed E-state index contributed by atoms with van der Waals surface area (Å²) in [7, 11) is 0. The molecule has 0 N–H and O–H groups in total. The molecule has 0 amide bonds. The average Bonchev–Trinajstić information content (AvgIpc) is 3.29. The van der Waals surface area contributed by atoms with Gasteiger partial charge in [0.05, 0.1) is 12.0 Å². The van der Waals surface area contributed by atoms with Gasteiger partial charge < -0.3 is 14.4 Å². The number of rotatable bonds is 5. The Morgan fingerprint density at radius 3 is 2.64 bits per heavy atom. The second kappa shape index (κ2) is 7.82. The van der Waals surface area contributed by atoms with Gasteiger partial charge in [0.1, 0.15) is 11.4 Å². The third-order valence-corrected chi connectivity index (χ3v) is 6.84. The molecule has 2 aromatic rings. The molecule has 2 atom stereocenters. The molecule has 0 aromatic carbocycles. The summed E-state index contributed by atoms with van der Waals surface area (Å²) in [4.78, 5) is 19.2. The molecule has 2 aromatic heterocycles. The van der Waals surface area contributed by atoms with E-state index in [-0.39, 0.29) is 62.9 Å². The van der Waals surface area contributed by atoms with Gasteiger partial charge in [-0.2, -0.15) is 26.7 Å². The molecular weight excluding hydrogens is 457 g/mol. The predicted octanol–water partition coefficient (Wildman–Crippen LogP) is 4.61. The molecule has 11 heteroatoms. The quantitative estimate of drug-likeness (QED) is 0.578. The standard InChI is InChI=1S/C22H25F3N4O3.H2S/c1-13-12-20(2,3)29-17-14(19(30)32-18(13)29)4-5-15(26-17)28-10-6-16(27-28)31-11-9-21(7-8-21)22(23,24)25;/h4-6,10,13,18H,7-9,11-12H2,1-3H3;1H2/t13-,18?;/m0./s1. The number of halogens is 3. The molecule has 7 nitrogen and oxygen atoms in total. The van der Waals surface area contributed by atoms with E-state index in [0.717, 1.165) is 6.42 Å². The molecule has 1 unspecified atom stereocenters. The maximum atomic E-state index is 13.1. The smallest absolute Gasteiger partial charge is 0.394 e. The lowest BCUT2D eigenvalue weighted by Gasteiger charge is -2.40. The van der Waals surface area contributed by atoms with Gasteiger partial charge in [-0.25, -0.2) is 14.5 Å². The van der Waals surface area contributed by atoms with Crippen molar-refractivity contribution in [2.45, 2.75) is 64.4 Å². The first-order valence-corrected chi connectivity index (χ1v) is 10.8. The van der Waals surface area contributed by atoms with Gasteiger partial charge in [0.25, 0.3) is 0 Å². The van der Waals surface area contributed by atoms with Crippen molar-refractivity contribution in [3.05, 3.63) is 30.0 Å². The summed E-state index contributed by atoms with van der Waals surface area (Å²) >= 11 is 0. The van der Waals surface area contributed by atoms with E-state index >= 15 is 0 Å². The minimum absolute atomic E-state index is 0. The lowest BCUT2D eigenvalue weighted by atomic mass is 9.97. The Kier molecular flexibility index (Phi) is 5.62. The highest BCUT2D eigenvalue weighted by molar-refractivity contribution is 7.59. The fraction of sp³-hybridized carbons (Fsp3) is 0.591. The molecule has 180 valence electrons. The maximum absolute atomic E-state index is 13.1. The highest BCUT2D eigenvalue weighted by Crippen LogP contribution is 2.59. The minimum atomic E-state index is -4.19. The first-order chi connectivity index (χ1) is 15.0. The van der Waals surface area contributed by atoms with Gasteiger partial charge >= 0.3 is 12.1 Å². The largest absolute Gasteiger partial charge is 0.477 e. The van der Waals surface area contributed by atoms with Crippen LogP contribution in [0.3, 0.4) is 0 Å². The zero-order valence-electron chi connectivity index (χ0n) is 18.6. The highest BCUT2D eigenvalue weighted by atomic mass is 32.1. The van der Waals surface area contributed by atoms with Gasteiger partial charge in [-0.1, -0.05) is 6.92 Å². The van der Waals surface area contributed by atoms with E-state index in [9.17, 15) is 18.0 Å². The molecule has 4 heterocycles. The molecule has 2 aliphatic heterocycles. The molecule has 1 saturated carbocycles. The van der Waals surface area contributed by atoms with Crippen LogP contribution in [-0.2, 0) is 4.74 Å². The molecule has 33 heavy (non-hydrogen) atoms. The minimum Gasteiger partial charge on any atom is -0.477 e. The molecule has 0 radical (unpaired) electrons. The fourth-order valence-electron chi connectivity index (χ4n) is 4.93. The van der Waals surface area contributed by atoms with Crippen molar-refractivity contribution in [2.75, 3.05) is 11.5 Å². The highest BCUT2D eigenvalue weighted by Gasteiger charge is 2.62. The van der Waals surface area contributed by atoms with Gasteiger partial charge in [-0.3, -0.25) is 0 Å². The summed E-state index contributed by atoms with van der Waals surface area (Å²) in [6.45, 7) is 6.18. The Labute approximate surface area is 196 Å². The van der Waals surface area contributed by atoms with Crippen LogP contribution in [0.5, 0.6) is 5.88 Å². The monoisotopic (exact) mass is 484 g/mol. The van der Waals surface area contributed by atoms with Crippen LogP contribution in [0, 0.1) is 11.3 Å². The van der Waals surface area contributed by atoms with Crippen molar-refractivity contribution in [2.24, 2.45) is 11.3 Å². The SMILES string of the molecule is C[C@H]1CC(C)(C)N2c3nc(-n4ccc(OCCC5(C(F)(F)F)CC5)n4)ccc3C(=O)OC12.S. The topological polar surface area (TPSA) is 69.5 Å². The normalized spacial score (nSPS) is 24.4. The van der Waals surface area contributed by atoms with Crippen molar-refractivity contribution < 1.29 is 27.4 Å².